The topological polar surface area (TPSA) is 75.6 Å². The molecule has 18 heavy (non-hydrogen) atoms. The normalized spacial score (nSPS) is 34.6. The van der Waals surface area contributed by atoms with E-state index in [9.17, 15) is 13.5 Å². The summed E-state index contributed by atoms with van der Waals surface area (Å²) in [5, 5.41) is 9.76. The van der Waals surface area contributed by atoms with Gasteiger partial charge in [0.05, 0.1) is 30.1 Å². The largest absolute Gasteiger partial charge is 0.391 e. The number of aliphatic hydroxyl groups excluding tert-OH is 1. The van der Waals surface area contributed by atoms with Gasteiger partial charge in [-0.3, -0.25) is 0 Å². The van der Waals surface area contributed by atoms with Gasteiger partial charge in [0.2, 0.25) is 10.0 Å². The minimum atomic E-state index is -3.39. The van der Waals surface area contributed by atoms with Gasteiger partial charge >= 0.3 is 0 Å². The molecule has 1 heterocycles. The van der Waals surface area contributed by atoms with Crippen LogP contribution < -0.4 is 4.72 Å². The molecule has 0 amide bonds. The predicted molar refractivity (Wildman–Crippen MR) is 70.8 cm³/mol. The zero-order valence-electron chi connectivity index (χ0n) is 11.6. The second-order valence-electron chi connectivity index (χ2n) is 5.36. The molecule has 0 bridgehead atoms. The lowest BCUT2D eigenvalue weighted by molar-refractivity contribution is 0.0498. The van der Waals surface area contributed by atoms with Crippen LogP contribution in [0.2, 0.25) is 0 Å². The van der Waals surface area contributed by atoms with Crippen LogP contribution in [-0.4, -0.2) is 43.6 Å². The molecule has 0 aromatic carbocycles. The third-order valence-electron chi connectivity index (χ3n) is 3.55. The maximum atomic E-state index is 11.9. The molecule has 1 aliphatic rings. The van der Waals surface area contributed by atoms with Crippen LogP contribution in [0.5, 0.6) is 0 Å². The van der Waals surface area contributed by atoms with Crippen molar-refractivity contribution < 1.29 is 18.3 Å². The van der Waals surface area contributed by atoms with E-state index in [4.69, 9.17) is 4.74 Å². The Kier molecular flexibility index (Phi) is 5.58. The molecule has 1 saturated heterocycles. The molecule has 1 aliphatic heterocycles. The summed E-state index contributed by atoms with van der Waals surface area (Å²) in [5.74, 6) is 0.0716. The number of rotatable bonds is 4. The van der Waals surface area contributed by atoms with E-state index in [1.807, 2.05) is 13.8 Å². The first kappa shape index (κ1) is 15.9. The van der Waals surface area contributed by atoms with Crippen LogP contribution in [0.1, 0.15) is 40.5 Å². The van der Waals surface area contributed by atoms with E-state index >= 15 is 0 Å². The van der Waals surface area contributed by atoms with Gasteiger partial charge in [-0.15, -0.1) is 0 Å². The summed E-state index contributed by atoms with van der Waals surface area (Å²) in [5.41, 5.74) is 0. The average molecular weight is 279 g/mol. The Bertz CT molecular complexity index is 355. The quantitative estimate of drug-likeness (QED) is 0.801. The van der Waals surface area contributed by atoms with Gasteiger partial charge in [0.25, 0.3) is 0 Å². The molecule has 0 aromatic rings. The maximum Gasteiger partial charge on any atom is 0.214 e. The third kappa shape index (κ3) is 3.91. The first-order valence-corrected chi connectivity index (χ1v) is 8.13. The molecule has 0 radical (unpaired) electrons. The van der Waals surface area contributed by atoms with E-state index in [-0.39, 0.29) is 18.6 Å². The molecular formula is C12H25NO4S. The van der Waals surface area contributed by atoms with Crippen molar-refractivity contribution in [3.63, 3.8) is 0 Å². The molecule has 108 valence electrons. The Hall–Kier alpha value is -0.170. The van der Waals surface area contributed by atoms with Crippen molar-refractivity contribution in [1.82, 2.24) is 4.72 Å². The molecule has 1 fully saturated rings. The van der Waals surface area contributed by atoms with Gasteiger partial charge in [-0.2, -0.15) is 0 Å². The van der Waals surface area contributed by atoms with E-state index in [0.717, 1.165) is 12.8 Å². The van der Waals surface area contributed by atoms with Crippen LogP contribution in [0.4, 0.5) is 0 Å². The standard InChI is InChI=1S/C12H25NO4S/c1-5-10-6-9(4)17-7-11(12(10)14)13-18(15,16)8(2)3/h8-14H,5-7H2,1-4H3/t9-,10+,11-,12-/m0/s1. The van der Waals surface area contributed by atoms with Gasteiger partial charge in [0, 0.05) is 0 Å². The molecule has 1 rings (SSSR count). The fourth-order valence-corrected chi connectivity index (χ4v) is 3.09. The second-order valence-corrected chi connectivity index (χ2v) is 7.63. The summed E-state index contributed by atoms with van der Waals surface area (Å²) in [6.07, 6.45) is 0.943. The predicted octanol–water partition coefficient (Wildman–Crippen LogP) is 0.879. The van der Waals surface area contributed by atoms with Crippen molar-refractivity contribution >= 4 is 10.0 Å². The van der Waals surface area contributed by atoms with Crippen LogP contribution in [0.25, 0.3) is 0 Å². The Morgan fingerprint density at radius 2 is 2.06 bits per heavy atom. The molecule has 6 heteroatoms. The van der Waals surface area contributed by atoms with Gasteiger partial charge in [-0.1, -0.05) is 13.3 Å². The highest BCUT2D eigenvalue weighted by atomic mass is 32.2. The van der Waals surface area contributed by atoms with Crippen molar-refractivity contribution in [2.24, 2.45) is 5.92 Å². The number of ether oxygens (including phenoxy) is 1. The van der Waals surface area contributed by atoms with Crippen LogP contribution >= 0.6 is 0 Å². The lowest BCUT2D eigenvalue weighted by atomic mass is 9.91. The summed E-state index contributed by atoms with van der Waals surface area (Å²) in [7, 11) is -3.39. The fraction of sp³-hybridized carbons (Fsp3) is 1.00. The van der Waals surface area contributed by atoms with E-state index in [1.54, 1.807) is 13.8 Å². The van der Waals surface area contributed by atoms with E-state index in [0.29, 0.717) is 0 Å². The Morgan fingerprint density at radius 3 is 2.56 bits per heavy atom. The summed E-state index contributed by atoms with van der Waals surface area (Å²) in [6.45, 7) is 7.41. The zero-order valence-corrected chi connectivity index (χ0v) is 12.4. The zero-order chi connectivity index (χ0) is 13.9. The van der Waals surface area contributed by atoms with Crippen molar-refractivity contribution in [2.45, 2.75) is 64.0 Å². The smallest absolute Gasteiger partial charge is 0.214 e. The lowest BCUT2D eigenvalue weighted by Crippen LogP contribution is -2.49. The molecule has 4 atom stereocenters. The summed E-state index contributed by atoms with van der Waals surface area (Å²) in [6, 6.07) is -0.549. The molecular weight excluding hydrogens is 254 g/mol. The van der Waals surface area contributed by atoms with Gasteiger partial charge in [0.1, 0.15) is 0 Å². The minimum Gasteiger partial charge on any atom is -0.391 e. The van der Waals surface area contributed by atoms with Gasteiger partial charge in [-0.25, -0.2) is 13.1 Å². The summed E-state index contributed by atoms with van der Waals surface area (Å²) < 4.78 is 31.8. The molecule has 0 saturated carbocycles. The highest BCUT2D eigenvalue weighted by molar-refractivity contribution is 7.90. The molecule has 0 aliphatic carbocycles. The average Bonchev–Trinajstić information content (AvgIpc) is 2.41. The monoisotopic (exact) mass is 279 g/mol. The lowest BCUT2D eigenvalue weighted by Gasteiger charge is -2.26. The van der Waals surface area contributed by atoms with Crippen molar-refractivity contribution in [3.8, 4) is 0 Å². The Labute approximate surface area is 110 Å². The Morgan fingerprint density at radius 1 is 1.44 bits per heavy atom. The molecule has 0 spiro atoms. The first-order chi connectivity index (χ1) is 8.27. The maximum absolute atomic E-state index is 11.9. The summed E-state index contributed by atoms with van der Waals surface area (Å²) in [4.78, 5) is 0. The van der Waals surface area contributed by atoms with Crippen molar-refractivity contribution in [2.75, 3.05) is 6.61 Å². The van der Waals surface area contributed by atoms with E-state index < -0.39 is 27.4 Å². The Balaban J connectivity index is 2.80. The molecule has 0 aromatic heterocycles. The van der Waals surface area contributed by atoms with Crippen molar-refractivity contribution in [3.05, 3.63) is 0 Å². The number of hydrogen-bond acceptors (Lipinski definition) is 4. The van der Waals surface area contributed by atoms with Gasteiger partial charge in [0.15, 0.2) is 0 Å². The third-order valence-corrected chi connectivity index (χ3v) is 5.42. The number of aliphatic hydroxyl groups is 1. The van der Waals surface area contributed by atoms with Crippen LogP contribution in [0, 0.1) is 5.92 Å². The molecule has 5 nitrogen and oxygen atoms in total. The minimum absolute atomic E-state index is 0.0538. The van der Waals surface area contributed by atoms with E-state index in [1.165, 1.54) is 0 Å². The van der Waals surface area contributed by atoms with Crippen molar-refractivity contribution in [1.29, 1.82) is 0 Å². The molecule has 2 N–H and O–H groups in total. The second kappa shape index (κ2) is 6.32. The molecule has 0 unspecified atom stereocenters. The highest BCUT2D eigenvalue weighted by Crippen LogP contribution is 2.24. The van der Waals surface area contributed by atoms with Crippen LogP contribution in [0.15, 0.2) is 0 Å². The summed E-state index contributed by atoms with van der Waals surface area (Å²) >= 11 is 0. The van der Waals surface area contributed by atoms with Gasteiger partial charge in [-0.05, 0) is 33.1 Å². The fourth-order valence-electron chi connectivity index (χ4n) is 2.19. The van der Waals surface area contributed by atoms with E-state index in [2.05, 4.69) is 4.72 Å². The van der Waals surface area contributed by atoms with Gasteiger partial charge < -0.3 is 9.84 Å². The number of hydrogen-bond donors (Lipinski definition) is 2. The number of sulfonamides is 1. The number of nitrogens with one attached hydrogen (secondary N) is 1. The van der Waals surface area contributed by atoms with Crippen LogP contribution in [-0.2, 0) is 14.8 Å². The van der Waals surface area contributed by atoms with Crippen LogP contribution in [0.3, 0.4) is 0 Å². The first-order valence-electron chi connectivity index (χ1n) is 6.58. The SMILES string of the molecule is CC[C@@H]1C[C@H](C)OC[C@H](NS(=O)(=O)C(C)C)[C@H]1O. The highest BCUT2D eigenvalue weighted by Gasteiger charge is 2.34.